The number of nitrogens with zero attached hydrogens (tertiary/aromatic N) is 2. The molecule has 0 amide bonds. The van der Waals surface area contributed by atoms with Crippen LogP contribution in [0.5, 0.6) is 0 Å². The van der Waals surface area contributed by atoms with Crippen molar-refractivity contribution in [3.05, 3.63) is 69.7 Å². The van der Waals surface area contributed by atoms with Gasteiger partial charge in [-0.3, -0.25) is 4.99 Å². The fraction of sp³-hybridized carbons (Fsp3) is 0.462. The first-order valence-electron chi connectivity index (χ1n) is 11.9. The van der Waals surface area contributed by atoms with E-state index in [2.05, 4.69) is 16.9 Å². The number of alkyl halides is 6. The zero-order valence-corrected chi connectivity index (χ0v) is 20.6. The molecule has 37 heavy (non-hydrogen) atoms. The molecule has 4 rings (SSSR count). The number of aliphatic imine (C=N–C) groups is 2. The number of ether oxygens (including phenoxy) is 2. The number of rotatable bonds is 8. The average molecular weight is 547 g/mol. The summed E-state index contributed by atoms with van der Waals surface area (Å²) in [6, 6.07) is 8.32. The van der Waals surface area contributed by atoms with Gasteiger partial charge >= 0.3 is 12.4 Å². The molecule has 0 bridgehead atoms. The molecule has 4 atom stereocenters. The summed E-state index contributed by atoms with van der Waals surface area (Å²) in [5.41, 5.74) is -1.50. The number of hydrogen-bond donors (Lipinski definition) is 0. The van der Waals surface area contributed by atoms with Gasteiger partial charge in [-0.05, 0) is 73.1 Å². The Morgan fingerprint density at radius 2 is 1.76 bits per heavy atom. The highest BCUT2D eigenvalue weighted by atomic mass is 35.5. The van der Waals surface area contributed by atoms with Crippen molar-refractivity contribution in [2.45, 2.75) is 69.1 Å². The quantitative estimate of drug-likeness (QED) is 0.322. The Hall–Kier alpha value is -2.75. The van der Waals surface area contributed by atoms with Crippen molar-refractivity contribution in [3.8, 4) is 0 Å². The van der Waals surface area contributed by atoms with Crippen molar-refractivity contribution in [2.75, 3.05) is 6.61 Å². The van der Waals surface area contributed by atoms with E-state index in [0.29, 0.717) is 35.5 Å². The number of benzene rings is 2. The molecule has 4 unspecified atom stereocenters. The molecule has 2 aromatic rings. The standard InChI is InChI=1S/C26H25ClF6N2O2/c1-2-15(16-3-7-19(27)8-4-16)12-22-23(37-14-34-22)24-35-20(13-36-24)9-5-17-11-18(25(28,29)30)6-10-21(17)26(31,32)33/h3-4,6-8,10-11,14-15,20,22-23H,2,5,9,12-13H2,1H3. The predicted octanol–water partition coefficient (Wildman–Crippen LogP) is 7.49. The first kappa shape index (κ1) is 27.3. The summed E-state index contributed by atoms with van der Waals surface area (Å²) in [4.78, 5) is 8.90. The van der Waals surface area contributed by atoms with Crippen LogP contribution in [0.1, 0.15) is 54.4 Å². The number of hydrogen-bond acceptors (Lipinski definition) is 4. The molecule has 0 aliphatic carbocycles. The maximum Gasteiger partial charge on any atom is 0.416 e. The molecule has 2 aliphatic rings. The largest absolute Gasteiger partial charge is 0.476 e. The normalized spacial score (nSPS) is 22.5. The van der Waals surface area contributed by atoms with E-state index in [0.717, 1.165) is 12.0 Å². The molecular weight excluding hydrogens is 522 g/mol. The molecule has 200 valence electrons. The van der Waals surface area contributed by atoms with Crippen LogP contribution in [0.25, 0.3) is 0 Å². The third-order valence-corrected chi connectivity index (χ3v) is 6.88. The highest BCUT2D eigenvalue weighted by molar-refractivity contribution is 6.30. The topological polar surface area (TPSA) is 43.2 Å². The van der Waals surface area contributed by atoms with Crippen molar-refractivity contribution in [1.29, 1.82) is 0 Å². The van der Waals surface area contributed by atoms with E-state index in [1.807, 2.05) is 24.3 Å². The minimum Gasteiger partial charge on any atom is -0.476 e. The van der Waals surface area contributed by atoms with E-state index < -0.39 is 41.2 Å². The van der Waals surface area contributed by atoms with Crippen LogP contribution in [-0.4, -0.2) is 37.1 Å². The van der Waals surface area contributed by atoms with Crippen molar-refractivity contribution >= 4 is 23.9 Å². The summed E-state index contributed by atoms with van der Waals surface area (Å²) in [6.07, 6.45) is -7.34. The van der Waals surface area contributed by atoms with Gasteiger partial charge in [-0.2, -0.15) is 26.3 Å². The van der Waals surface area contributed by atoms with Gasteiger partial charge in [0.05, 0.1) is 23.2 Å². The zero-order valence-electron chi connectivity index (χ0n) is 19.8. The summed E-state index contributed by atoms with van der Waals surface area (Å²) in [5, 5.41) is 0.644. The van der Waals surface area contributed by atoms with E-state index in [-0.39, 0.29) is 31.4 Å². The SMILES string of the molecule is CCC(CC1N=COC1C1=NC(CCc2cc(C(F)(F)F)ccc2C(F)(F)F)CO1)c1ccc(Cl)cc1. The smallest absolute Gasteiger partial charge is 0.416 e. The molecule has 0 spiro atoms. The Morgan fingerprint density at radius 3 is 2.41 bits per heavy atom. The summed E-state index contributed by atoms with van der Waals surface area (Å²) in [5.74, 6) is 0.488. The zero-order chi connectivity index (χ0) is 26.8. The maximum absolute atomic E-state index is 13.4. The van der Waals surface area contributed by atoms with Gasteiger partial charge in [-0.1, -0.05) is 30.7 Å². The highest BCUT2D eigenvalue weighted by Gasteiger charge is 2.39. The highest BCUT2D eigenvalue weighted by Crippen LogP contribution is 2.37. The summed E-state index contributed by atoms with van der Waals surface area (Å²) < 4.78 is 90.8. The van der Waals surface area contributed by atoms with E-state index in [4.69, 9.17) is 21.1 Å². The Labute approximate surface area is 215 Å². The Morgan fingerprint density at radius 1 is 1.03 bits per heavy atom. The lowest BCUT2D eigenvalue weighted by atomic mass is 9.88. The molecule has 0 saturated heterocycles. The fourth-order valence-electron chi connectivity index (χ4n) is 4.63. The van der Waals surface area contributed by atoms with Crippen molar-refractivity contribution in [1.82, 2.24) is 0 Å². The lowest BCUT2D eigenvalue weighted by Crippen LogP contribution is -2.32. The second-order valence-corrected chi connectivity index (χ2v) is 9.55. The fourth-order valence-corrected chi connectivity index (χ4v) is 4.76. The molecule has 2 heterocycles. The Kier molecular flexibility index (Phi) is 8.06. The van der Waals surface area contributed by atoms with Crippen molar-refractivity contribution < 1.29 is 35.8 Å². The molecule has 0 aromatic heterocycles. The third kappa shape index (κ3) is 6.58. The molecule has 11 heteroatoms. The van der Waals surface area contributed by atoms with Gasteiger partial charge in [0, 0.05) is 5.02 Å². The maximum atomic E-state index is 13.4. The van der Waals surface area contributed by atoms with E-state index >= 15 is 0 Å². The first-order valence-corrected chi connectivity index (χ1v) is 12.2. The van der Waals surface area contributed by atoms with Gasteiger partial charge in [0.25, 0.3) is 0 Å². The minimum absolute atomic E-state index is 0.0918. The van der Waals surface area contributed by atoms with Crippen LogP contribution in [0.3, 0.4) is 0 Å². The average Bonchev–Trinajstić information content (AvgIpc) is 3.49. The number of aryl methyl sites for hydroxylation is 1. The van der Waals surface area contributed by atoms with Crippen LogP contribution in [0, 0.1) is 0 Å². The van der Waals surface area contributed by atoms with Crippen LogP contribution < -0.4 is 0 Å². The van der Waals surface area contributed by atoms with Gasteiger partial charge < -0.3 is 9.47 Å². The van der Waals surface area contributed by atoms with Crippen LogP contribution >= 0.6 is 11.6 Å². The van der Waals surface area contributed by atoms with Crippen LogP contribution in [0.4, 0.5) is 26.3 Å². The Balaban J connectivity index is 1.43. The van der Waals surface area contributed by atoms with Gasteiger partial charge in [-0.25, -0.2) is 4.99 Å². The van der Waals surface area contributed by atoms with Crippen LogP contribution in [0.15, 0.2) is 52.4 Å². The molecule has 0 saturated carbocycles. The summed E-state index contributed by atoms with van der Waals surface area (Å²) in [6.45, 7) is 2.17. The number of halogens is 7. The molecule has 2 aliphatic heterocycles. The summed E-state index contributed by atoms with van der Waals surface area (Å²) in [7, 11) is 0. The van der Waals surface area contributed by atoms with Crippen molar-refractivity contribution in [2.24, 2.45) is 9.98 Å². The van der Waals surface area contributed by atoms with Crippen LogP contribution in [0.2, 0.25) is 5.02 Å². The molecule has 0 N–H and O–H groups in total. The predicted molar refractivity (Wildman–Crippen MR) is 128 cm³/mol. The molecule has 4 nitrogen and oxygen atoms in total. The van der Waals surface area contributed by atoms with Gasteiger partial charge in [0.1, 0.15) is 6.61 Å². The Bertz CT molecular complexity index is 1150. The van der Waals surface area contributed by atoms with Crippen LogP contribution in [-0.2, 0) is 28.2 Å². The third-order valence-electron chi connectivity index (χ3n) is 6.63. The van der Waals surface area contributed by atoms with Gasteiger partial charge in [-0.15, -0.1) is 0 Å². The monoisotopic (exact) mass is 546 g/mol. The first-order chi connectivity index (χ1) is 17.5. The second kappa shape index (κ2) is 10.9. The molecule has 2 aromatic carbocycles. The van der Waals surface area contributed by atoms with E-state index in [1.54, 1.807) is 0 Å². The molecule has 0 fully saturated rings. The lowest BCUT2D eigenvalue weighted by Gasteiger charge is -2.22. The molecular formula is C26H25ClF6N2O2. The minimum atomic E-state index is -4.76. The second-order valence-electron chi connectivity index (χ2n) is 9.11. The van der Waals surface area contributed by atoms with Crippen molar-refractivity contribution in [3.63, 3.8) is 0 Å². The molecule has 0 radical (unpaired) electrons. The summed E-state index contributed by atoms with van der Waals surface area (Å²) >= 11 is 5.99. The van der Waals surface area contributed by atoms with Gasteiger partial charge in [0.15, 0.2) is 12.5 Å². The van der Waals surface area contributed by atoms with Gasteiger partial charge in [0.2, 0.25) is 5.90 Å². The lowest BCUT2D eigenvalue weighted by molar-refractivity contribution is -0.141. The van der Waals surface area contributed by atoms with E-state index in [9.17, 15) is 26.3 Å². The van der Waals surface area contributed by atoms with E-state index in [1.165, 1.54) is 6.40 Å².